The number of halogens is 2. The Morgan fingerprint density at radius 2 is 1.95 bits per heavy atom. The maximum absolute atomic E-state index is 12.6. The van der Waals surface area contributed by atoms with Gasteiger partial charge in [-0.1, -0.05) is 57.9 Å². The summed E-state index contributed by atoms with van der Waals surface area (Å²) in [5, 5.41) is 0.506. The van der Waals surface area contributed by atoms with Crippen molar-refractivity contribution in [3.63, 3.8) is 0 Å². The predicted molar refractivity (Wildman–Crippen MR) is 88.9 cm³/mol. The zero-order chi connectivity index (χ0) is 14.8. The number of benzene rings is 2. The molecule has 0 aromatic heterocycles. The van der Waals surface area contributed by atoms with E-state index in [1.807, 2.05) is 29.2 Å². The third kappa shape index (κ3) is 3.14. The first kappa shape index (κ1) is 14.6. The van der Waals surface area contributed by atoms with Crippen LogP contribution in [-0.2, 0) is 0 Å². The molecule has 1 fully saturated rings. The Morgan fingerprint density at radius 3 is 2.71 bits per heavy atom. The third-order valence-corrected chi connectivity index (χ3v) is 4.73. The molecule has 0 N–H and O–H groups in total. The van der Waals surface area contributed by atoms with Crippen LogP contribution in [0.5, 0.6) is 0 Å². The van der Waals surface area contributed by atoms with Crippen molar-refractivity contribution in [1.82, 2.24) is 4.90 Å². The number of likely N-dealkylation sites (tertiary alicyclic amines) is 1. The van der Waals surface area contributed by atoms with Gasteiger partial charge in [0.15, 0.2) is 0 Å². The lowest BCUT2D eigenvalue weighted by Crippen LogP contribution is -2.28. The molecule has 1 saturated heterocycles. The van der Waals surface area contributed by atoms with E-state index in [-0.39, 0.29) is 5.91 Å². The lowest BCUT2D eigenvalue weighted by atomic mass is 9.99. The summed E-state index contributed by atoms with van der Waals surface area (Å²) in [6.45, 7) is 1.53. The first-order valence-corrected chi connectivity index (χ1v) is 8.11. The van der Waals surface area contributed by atoms with Crippen LogP contribution in [0.15, 0.2) is 53.0 Å². The molecule has 0 aliphatic carbocycles. The molecular weight excluding hydrogens is 350 g/mol. The summed E-state index contributed by atoms with van der Waals surface area (Å²) in [7, 11) is 0. The van der Waals surface area contributed by atoms with Crippen molar-refractivity contribution in [3.05, 3.63) is 69.2 Å². The zero-order valence-electron chi connectivity index (χ0n) is 11.4. The van der Waals surface area contributed by atoms with E-state index in [4.69, 9.17) is 11.6 Å². The molecule has 0 radical (unpaired) electrons. The summed E-state index contributed by atoms with van der Waals surface area (Å²) in [5.74, 6) is 0.431. The van der Waals surface area contributed by atoms with Crippen LogP contribution in [0.3, 0.4) is 0 Å². The van der Waals surface area contributed by atoms with E-state index in [0.717, 1.165) is 24.0 Å². The Hall–Kier alpha value is -1.32. The van der Waals surface area contributed by atoms with E-state index in [0.29, 0.717) is 16.5 Å². The highest BCUT2D eigenvalue weighted by atomic mass is 79.9. The molecule has 1 unspecified atom stereocenters. The summed E-state index contributed by atoms with van der Waals surface area (Å²) in [6, 6.07) is 15.8. The monoisotopic (exact) mass is 363 g/mol. The van der Waals surface area contributed by atoms with Gasteiger partial charge in [0, 0.05) is 23.5 Å². The Bertz CT molecular complexity index is 659. The SMILES string of the molecule is O=C(c1cc(Br)ccc1Cl)N1CCC(c2ccccc2)C1. The molecule has 1 aliphatic heterocycles. The number of nitrogens with zero attached hydrogens (tertiary/aromatic N) is 1. The van der Waals surface area contributed by atoms with E-state index in [2.05, 4.69) is 28.1 Å². The van der Waals surface area contributed by atoms with Gasteiger partial charge in [0.05, 0.1) is 10.6 Å². The highest BCUT2D eigenvalue weighted by Gasteiger charge is 2.28. The van der Waals surface area contributed by atoms with Crippen molar-refractivity contribution >= 4 is 33.4 Å². The normalized spacial score (nSPS) is 18.0. The van der Waals surface area contributed by atoms with Crippen molar-refractivity contribution in [2.45, 2.75) is 12.3 Å². The zero-order valence-corrected chi connectivity index (χ0v) is 13.8. The number of hydrogen-bond acceptors (Lipinski definition) is 1. The van der Waals surface area contributed by atoms with Gasteiger partial charge in [0.2, 0.25) is 0 Å². The van der Waals surface area contributed by atoms with Crippen LogP contribution >= 0.6 is 27.5 Å². The molecule has 21 heavy (non-hydrogen) atoms. The second-order valence-electron chi connectivity index (χ2n) is 5.27. The van der Waals surface area contributed by atoms with Crippen LogP contribution in [0, 0.1) is 0 Å². The van der Waals surface area contributed by atoms with Crippen LogP contribution in [-0.4, -0.2) is 23.9 Å². The first-order valence-electron chi connectivity index (χ1n) is 6.94. The molecule has 0 bridgehead atoms. The quantitative estimate of drug-likeness (QED) is 0.754. The molecule has 2 nitrogen and oxygen atoms in total. The van der Waals surface area contributed by atoms with Gasteiger partial charge in [0.1, 0.15) is 0 Å². The number of amides is 1. The van der Waals surface area contributed by atoms with Gasteiger partial charge in [-0.25, -0.2) is 0 Å². The van der Waals surface area contributed by atoms with E-state index in [1.165, 1.54) is 5.56 Å². The summed E-state index contributed by atoms with van der Waals surface area (Å²) >= 11 is 9.55. The average Bonchev–Trinajstić information content (AvgIpc) is 3.00. The Morgan fingerprint density at radius 1 is 1.19 bits per heavy atom. The largest absolute Gasteiger partial charge is 0.338 e. The van der Waals surface area contributed by atoms with Gasteiger partial charge in [0.25, 0.3) is 5.91 Å². The first-order chi connectivity index (χ1) is 10.1. The molecule has 1 heterocycles. The summed E-state index contributed by atoms with van der Waals surface area (Å²) in [6.07, 6.45) is 1.00. The van der Waals surface area contributed by atoms with Gasteiger partial charge >= 0.3 is 0 Å². The number of carbonyl (C=O) groups is 1. The van der Waals surface area contributed by atoms with Gasteiger partial charge < -0.3 is 4.90 Å². The third-order valence-electron chi connectivity index (χ3n) is 3.91. The summed E-state index contributed by atoms with van der Waals surface area (Å²) < 4.78 is 0.869. The van der Waals surface area contributed by atoms with E-state index < -0.39 is 0 Å². The van der Waals surface area contributed by atoms with Crippen LogP contribution in [0.2, 0.25) is 5.02 Å². The number of carbonyl (C=O) groups excluding carboxylic acids is 1. The molecule has 2 aromatic carbocycles. The Kier molecular flexibility index (Phi) is 4.32. The predicted octanol–water partition coefficient (Wildman–Crippen LogP) is 4.73. The molecule has 2 aromatic rings. The van der Waals surface area contributed by atoms with Crippen LogP contribution in [0.4, 0.5) is 0 Å². The van der Waals surface area contributed by atoms with Gasteiger partial charge in [-0.05, 0) is 30.2 Å². The molecule has 3 rings (SSSR count). The molecule has 108 valence electrons. The van der Waals surface area contributed by atoms with Crippen molar-refractivity contribution in [1.29, 1.82) is 0 Å². The van der Waals surface area contributed by atoms with Gasteiger partial charge in [-0.15, -0.1) is 0 Å². The second-order valence-corrected chi connectivity index (χ2v) is 6.59. The maximum Gasteiger partial charge on any atom is 0.255 e. The minimum atomic E-state index is 0.0136. The van der Waals surface area contributed by atoms with E-state index in [1.54, 1.807) is 12.1 Å². The average molecular weight is 365 g/mol. The topological polar surface area (TPSA) is 20.3 Å². The van der Waals surface area contributed by atoms with Crippen LogP contribution in [0.1, 0.15) is 28.3 Å². The molecule has 0 saturated carbocycles. The Balaban J connectivity index is 1.77. The Labute approximate surface area is 137 Å². The molecule has 0 spiro atoms. The molecule has 1 aliphatic rings. The second kappa shape index (κ2) is 6.20. The highest BCUT2D eigenvalue weighted by molar-refractivity contribution is 9.10. The molecular formula is C17H15BrClNO. The molecule has 4 heteroatoms. The lowest BCUT2D eigenvalue weighted by molar-refractivity contribution is 0.0791. The minimum absolute atomic E-state index is 0.0136. The fourth-order valence-electron chi connectivity index (χ4n) is 2.77. The van der Waals surface area contributed by atoms with Gasteiger partial charge in [-0.2, -0.15) is 0 Å². The minimum Gasteiger partial charge on any atom is -0.338 e. The lowest BCUT2D eigenvalue weighted by Gasteiger charge is -2.17. The van der Waals surface area contributed by atoms with Crippen LogP contribution < -0.4 is 0 Å². The number of hydrogen-bond donors (Lipinski definition) is 0. The van der Waals surface area contributed by atoms with Crippen LogP contribution in [0.25, 0.3) is 0 Å². The van der Waals surface area contributed by atoms with Gasteiger partial charge in [-0.3, -0.25) is 4.79 Å². The van der Waals surface area contributed by atoms with Crippen molar-refractivity contribution in [2.75, 3.05) is 13.1 Å². The van der Waals surface area contributed by atoms with E-state index >= 15 is 0 Å². The molecule has 1 atom stereocenters. The summed E-state index contributed by atoms with van der Waals surface area (Å²) in [4.78, 5) is 14.5. The highest BCUT2D eigenvalue weighted by Crippen LogP contribution is 2.30. The number of rotatable bonds is 2. The van der Waals surface area contributed by atoms with Crippen molar-refractivity contribution in [2.24, 2.45) is 0 Å². The van der Waals surface area contributed by atoms with Crippen molar-refractivity contribution < 1.29 is 4.79 Å². The van der Waals surface area contributed by atoms with E-state index in [9.17, 15) is 4.79 Å². The fourth-order valence-corrected chi connectivity index (χ4v) is 3.33. The summed E-state index contributed by atoms with van der Waals surface area (Å²) in [5.41, 5.74) is 1.87. The molecule has 1 amide bonds. The maximum atomic E-state index is 12.6. The fraction of sp³-hybridized carbons (Fsp3) is 0.235. The standard InChI is InChI=1S/C17H15BrClNO/c18-14-6-7-16(19)15(10-14)17(21)20-9-8-13(11-20)12-4-2-1-3-5-12/h1-7,10,13H,8-9,11H2. The van der Waals surface area contributed by atoms with Crippen molar-refractivity contribution in [3.8, 4) is 0 Å². The smallest absolute Gasteiger partial charge is 0.255 e.